The van der Waals surface area contributed by atoms with Crippen LogP contribution in [0.1, 0.15) is 49.1 Å². The van der Waals surface area contributed by atoms with Crippen molar-refractivity contribution in [1.29, 1.82) is 0 Å². The van der Waals surface area contributed by atoms with Crippen LogP contribution in [0.15, 0.2) is 12.1 Å². The highest BCUT2D eigenvalue weighted by atomic mass is 16.5. The lowest BCUT2D eigenvalue weighted by Crippen LogP contribution is -2.16. The van der Waals surface area contributed by atoms with E-state index in [9.17, 15) is 9.90 Å². The first-order valence-corrected chi connectivity index (χ1v) is 7.15. The zero-order valence-electron chi connectivity index (χ0n) is 12.5. The first-order chi connectivity index (χ1) is 9.53. The van der Waals surface area contributed by atoms with E-state index in [-0.39, 0.29) is 13.2 Å². The molecule has 0 heterocycles. The third-order valence-corrected chi connectivity index (χ3v) is 3.42. The van der Waals surface area contributed by atoms with Gasteiger partial charge in [0.1, 0.15) is 12.7 Å². The van der Waals surface area contributed by atoms with E-state index in [1.807, 2.05) is 0 Å². The van der Waals surface area contributed by atoms with E-state index in [0.717, 1.165) is 36.0 Å². The molecule has 112 valence electrons. The van der Waals surface area contributed by atoms with Gasteiger partial charge in [-0.2, -0.15) is 0 Å². The number of aliphatic hydroxyl groups is 1. The molecule has 4 heteroatoms. The molecule has 0 aliphatic rings. The summed E-state index contributed by atoms with van der Waals surface area (Å²) in [5.74, 6) is -1.02. The highest BCUT2D eigenvalue weighted by Gasteiger charge is 2.17. The molecule has 1 atom stereocenters. The Hall–Kier alpha value is -1.39. The smallest absolute Gasteiger partial charge is 0.329 e. The van der Waals surface area contributed by atoms with Gasteiger partial charge in [0.05, 0.1) is 6.61 Å². The number of aliphatic carboxylic acids is 1. The van der Waals surface area contributed by atoms with Crippen molar-refractivity contribution < 1.29 is 19.7 Å². The Labute approximate surface area is 120 Å². The van der Waals surface area contributed by atoms with Crippen molar-refractivity contribution in [3.8, 4) is 0 Å². The number of rotatable bonds is 8. The fraction of sp³-hybridized carbons (Fsp3) is 0.562. The fourth-order valence-electron chi connectivity index (χ4n) is 2.41. The number of carbonyl (C=O) groups is 1. The molecule has 20 heavy (non-hydrogen) atoms. The largest absolute Gasteiger partial charge is 0.480 e. The summed E-state index contributed by atoms with van der Waals surface area (Å²) in [6.07, 6.45) is 1.87. The van der Waals surface area contributed by atoms with Gasteiger partial charge in [-0.25, -0.2) is 4.79 Å². The molecule has 1 rings (SSSR count). The molecule has 0 aromatic heterocycles. The normalized spacial score (nSPS) is 12.4. The Bertz CT molecular complexity index is 429. The monoisotopic (exact) mass is 280 g/mol. The van der Waals surface area contributed by atoms with Crippen LogP contribution >= 0.6 is 0 Å². The van der Waals surface area contributed by atoms with Crippen molar-refractivity contribution >= 4 is 5.97 Å². The third-order valence-electron chi connectivity index (χ3n) is 3.42. The lowest BCUT2D eigenvalue weighted by Gasteiger charge is -2.20. The van der Waals surface area contributed by atoms with Gasteiger partial charge in [-0.15, -0.1) is 0 Å². The molecular formula is C16H24O4. The third kappa shape index (κ3) is 4.32. The summed E-state index contributed by atoms with van der Waals surface area (Å²) in [5, 5.41) is 18.9. The molecule has 0 amide bonds. The van der Waals surface area contributed by atoms with Gasteiger partial charge in [-0.3, -0.25) is 0 Å². The van der Waals surface area contributed by atoms with Crippen LogP contribution < -0.4 is 0 Å². The van der Waals surface area contributed by atoms with Crippen molar-refractivity contribution in [2.75, 3.05) is 13.2 Å². The Morgan fingerprint density at radius 1 is 1.15 bits per heavy atom. The Morgan fingerprint density at radius 3 is 2.10 bits per heavy atom. The highest BCUT2D eigenvalue weighted by Crippen LogP contribution is 2.26. The second-order valence-electron chi connectivity index (χ2n) is 4.81. The SMILES string of the molecule is CCc1cc(CC)c(C(O)COCC(=O)O)c(CC)c1. The summed E-state index contributed by atoms with van der Waals surface area (Å²) in [6.45, 7) is 5.86. The van der Waals surface area contributed by atoms with Crippen LogP contribution in [0.25, 0.3) is 0 Å². The lowest BCUT2D eigenvalue weighted by molar-refractivity contribution is -0.143. The van der Waals surface area contributed by atoms with Gasteiger partial charge in [-0.05, 0) is 41.5 Å². The Kier molecular flexibility index (Phi) is 6.68. The van der Waals surface area contributed by atoms with Gasteiger partial charge in [0.25, 0.3) is 0 Å². The summed E-state index contributed by atoms with van der Waals surface area (Å²) < 4.78 is 5.02. The minimum Gasteiger partial charge on any atom is -0.480 e. The summed E-state index contributed by atoms with van der Waals surface area (Å²) in [5.41, 5.74) is 4.40. The average Bonchev–Trinajstić information content (AvgIpc) is 2.44. The van der Waals surface area contributed by atoms with Gasteiger partial charge in [0.15, 0.2) is 0 Å². The second kappa shape index (κ2) is 8.02. The first kappa shape index (κ1) is 16.7. The van der Waals surface area contributed by atoms with Gasteiger partial charge < -0.3 is 14.9 Å². The molecule has 1 unspecified atom stereocenters. The number of benzene rings is 1. The van der Waals surface area contributed by atoms with Crippen LogP contribution in [-0.4, -0.2) is 29.4 Å². The maximum absolute atomic E-state index is 10.4. The van der Waals surface area contributed by atoms with E-state index >= 15 is 0 Å². The highest BCUT2D eigenvalue weighted by molar-refractivity contribution is 5.68. The van der Waals surface area contributed by atoms with Crippen LogP contribution in [0.5, 0.6) is 0 Å². The number of aryl methyl sites for hydroxylation is 3. The molecule has 0 aliphatic heterocycles. The lowest BCUT2D eigenvalue weighted by atomic mass is 9.90. The molecule has 2 N–H and O–H groups in total. The summed E-state index contributed by atoms with van der Waals surface area (Å²) in [6, 6.07) is 4.24. The van der Waals surface area contributed by atoms with Crippen LogP contribution in [0, 0.1) is 0 Å². The number of hydrogen-bond donors (Lipinski definition) is 2. The standard InChI is InChI=1S/C16H24O4/c1-4-11-7-12(5-2)16(13(6-3)8-11)14(17)9-20-10-15(18)19/h7-8,14,17H,4-6,9-10H2,1-3H3,(H,18,19). The minimum atomic E-state index is -1.02. The first-order valence-electron chi connectivity index (χ1n) is 7.15. The summed E-state index contributed by atoms with van der Waals surface area (Å²) in [7, 11) is 0. The Balaban J connectivity index is 2.98. The minimum absolute atomic E-state index is 0.0117. The van der Waals surface area contributed by atoms with Crippen molar-refractivity contribution in [3.63, 3.8) is 0 Å². The van der Waals surface area contributed by atoms with Crippen LogP contribution in [0.2, 0.25) is 0 Å². The molecule has 0 radical (unpaired) electrons. The van der Waals surface area contributed by atoms with Gasteiger partial charge >= 0.3 is 5.97 Å². The number of aliphatic hydroxyl groups excluding tert-OH is 1. The fourth-order valence-corrected chi connectivity index (χ4v) is 2.41. The zero-order valence-corrected chi connectivity index (χ0v) is 12.5. The number of ether oxygens (including phenoxy) is 1. The van der Waals surface area contributed by atoms with Crippen molar-refractivity contribution in [3.05, 3.63) is 34.4 Å². The van der Waals surface area contributed by atoms with Crippen molar-refractivity contribution in [1.82, 2.24) is 0 Å². The van der Waals surface area contributed by atoms with Crippen LogP contribution in [0.4, 0.5) is 0 Å². The molecule has 1 aromatic rings. The molecule has 0 spiro atoms. The van der Waals surface area contributed by atoms with Crippen molar-refractivity contribution in [2.24, 2.45) is 0 Å². The van der Waals surface area contributed by atoms with Crippen LogP contribution in [0.3, 0.4) is 0 Å². The van der Waals surface area contributed by atoms with E-state index in [0.29, 0.717) is 0 Å². The topological polar surface area (TPSA) is 66.8 Å². The quantitative estimate of drug-likeness (QED) is 0.768. The molecule has 0 bridgehead atoms. The molecule has 4 nitrogen and oxygen atoms in total. The van der Waals surface area contributed by atoms with E-state index in [4.69, 9.17) is 9.84 Å². The summed E-state index contributed by atoms with van der Waals surface area (Å²) in [4.78, 5) is 10.4. The van der Waals surface area contributed by atoms with Gasteiger partial charge in [-0.1, -0.05) is 32.9 Å². The number of hydrogen-bond acceptors (Lipinski definition) is 3. The molecule has 0 fully saturated rings. The van der Waals surface area contributed by atoms with Gasteiger partial charge in [0, 0.05) is 0 Å². The molecular weight excluding hydrogens is 256 g/mol. The molecule has 0 aliphatic carbocycles. The Morgan fingerprint density at radius 2 is 1.70 bits per heavy atom. The molecule has 0 saturated heterocycles. The van der Waals surface area contributed by atoms with Crippen LogP contribution in [-0.2, 0) is 28.8 Å². The maximum Gasteiger partial charge on any atom is 0.329 e. The van der Waals surface area contributed by atoms with E-state index < -0.39 is 12.1 Å². The number of carboxylic acid groups (broad SMARTS) is 1. The zero-order chi connectivity index (χ0) is 15.1. The average molecular weight is 280 g/mol. The van der Waals surface area contributed by atoms with E-state index in [1.165, 1.54) is 5.56 Å². The molecule has 0 saturated carbocycles. The summed E-state index contributed by atoms with van der Waals surface area (Å²) >= 11 is 0. The van der Waals surface area contributed by atoms with Crippen molar-refractivity contribution in [2.45, 2.75) is 46.1 Å². The molecule has 1 aromatic carbocycles. The van der Waals surface area contributed by atoms with Gasteiger partial charge in [0.2, 0.25) is 0 Å². The predicted molar refractivity (Wildman–Crippen MR) is 78.0 cm³/mol. The van der Waals surface area contributed by atoms with E-state index in [2.05, 4.69) is 32.9 Å². The second-order valence-corrected chi connectivity index (χ2v) is 4.81. The maximum atomic E-state index is 10.4. The number of carboxylic acids is 1. The van der Waals surface area contributed by atoms with E-state index in [1.54, 1.807) is 0 Å². The predicted octanol–water partition coefficient (Wildman–Crippen LogP) is 2.51.